The molecule has 1 aromatic rings. The second kappa shape index (κ2) is 4.20. The lowest BCUT2D eigenvalue weighted by atomic mass is 9.91. The van der Waals surface area contributed by atoms with Crippen LogP contribution in [0.3, 0.4) is 0 Å². The number of ether oxygens (including phenoxy) is 1. The van der Waals surface area contributed by atoms with E-state index < -0.39 is 11.5 Å². The van der Waals surface area contributed by atoms with E-state index in [2.05, 4.69) is 4.74 Å². The van der Waals surface area contributed by atoms with Gasteiger partial charge in [0.05, 0.1) is 12.7 Å². The molecule has 6 heteroatoms. The topological polar surface area (TPSA) is 82.6 Å². The summed E-state index contributed by atoms with van der Waals surface area (Å²) in [6.07, 6.45) is 3.90. The molecule has 6 nitrogen and oxygen atoms in total. The molecule has 0 unspecified atom stereocenters. The maximum Gasteiger partial charge on any atom is 0.373 e. The smallest absolute Gasteiger partial charge is 0.373 e. The molecule has 0 bridgehead atoms. The molecule has 0 amide bonds. The molecule has 1 aliphatic carbocycles. The molecule has 1 saturated carbocycles. The van der Waals surface area contributed by atoms with Gasteiger partial charge in [-0.1, -0.05) is 0 Å². The zero-order valence-electron chi connectivity index (χ0n) is 9.47. The van der Waals surface area contributed by atoms with Crippen LogP contribution < -0.4 is 0 Å². The van der Waals surface area contributed by atoms with Gasteiger partial charge in [-0.05, 0) is 12.8 Å². The van der Waals surface area contributed by atoms with Crippen LogP contribution in [0.25, 0.3) is 0 Å². The van der Waals surface area contributed by atoms with Crippen LogP contribution >= 0.6 is 0 Å². The third-order valence-electron chi connectivity index (χ3n) is 3.30. The molecule has 0 aromatic carbocycles. The van der Waals surface area contributed by atoms with Crippen molar-refractivity contribution in [2.45, 2.75) is 31.2 Å². The normalized spacial score (nSPS) is 17.9. The van der Waals surface area contributed by atoms with Crippen LogP contribution in [-0.2, 0) is 10.3 Å². The first-order chi connectivity index (χ1) is 8.10. The summed E-state index contributed by atoms with van der Waals surface area (Å²) in [5.74, 6) is -0.608. The van der Waals surface area contributed by atoms with Crippen molar-refractivity contribution in [2.24, 2.45) is 0 Å². The third kappa shape index (κ3) is 1.79. The minimum Gasteiger partial charge on any atom is -0.463 e. The van der Waals surface area contributed by atoms with E-state index in [1.54, 1.807) is 0 Å². The summed E-state index contributed by atoms with van der Waals surface area (Å²) in [5.41, 5.74) is -0.629. The van der Waals surface area contributed by atoms with Crippen molar-refractivity contribution in [3.05, 3.63) is 33.8 Å². The number of rotatable bonds is 3. The summed E-state index contributed by atoms with van der Waals surface area (Å²) < 4.78 is 9.53. The number of carbonyl (C=O) groups excluding carboxylic acids is 1. The second-order valence-corrected chi connectivity index (χ2v) is 4.19. The zero-order valence-corrected chi connectivity index (χ0v) is 9.47. The fraction of sp³-hybridized carbons (Fsp3) is 0.545. The fourth-order valence-corrected chi connectivity index (χ4v) is 2.32. The highest BCUT2D eigenvalue weighted by molar-refractivity contribution is 5.86. The van der Waals surface area contributed by atoms with Crippen molar-refractivity contribution in [2.75, 3.05) is 7.11 Å². The SMILES string of the molecule is COC(=O)c1cc(C2([N+](=O)[O-])CCCC2)co1. The van der Waals surface area contributed by atoms with E-state index in [-0.39, 0.29) is 10.7 Å². The maximum atomic E-state index is 11.2. The van der Waals surface area contributed by atoms with Gasteiger partial charge < -0.3 is 9.15 Å². The van der Waals surface area contributed by atoms with Crippen LogP contribution in [0.15, 0.2) is 16.7 Å². The van der Waals surface area contributed by atoms with Crippen LogP contribution in [0, 0.1) is 10.1 Å². The second-order valence-electron chi connectivity index (χ2n) is 4.19. The van der Waals surface area contributed by atoms with Gasteiger partial charge in [0.2, 0.25) is 11.3 Å². The van der Waals surface area contributed by atoms with Crippen LogP contribution in [0.4, 0.5) is 0 Å². The minimum atomic E-state index is -1.09. The van der Waals surface area contributed by atoms with Gasteiger partial charge in [0.1, 0.15) is 6.26 Å². The number of methoxy groups -OCH3 is 1. The Labute approximate surface area is 97.7 Å². The number of carbonyl (C=O) groups is 1. The van der Waals surface area contributed by atoms with Gasteiger partial charge in [-0.2, -0.15) is 0 Å². The van der Waals surface area contributed by atoms with Crippen molar-refractivity contribution in [1.82, 2.24) is 0 Å². The van der Waals surface area contributed by atoms with E-state index >= 15 is 0 Å². The van der Waals surface area contributed by atoms with E-state index in [0.29, 0.717) is 18.4 Å². The molecule has 1 heterocycles. The van der Waals surface area contributed by atoms with Gasteiger partial charge in [0.15, 0.2) is 0 Å². The van der Waals surface area contributed by atoms with Gasteiger partial charge in [-0.3, -0.25) is 10.1 Å². The van der Waals surface area contributed by atoms with Gasteiger partial charge in [-0.15, -0.1) is 0 Å². The highest BCUT2D eigenvalue weighted by Crippen LogP contribution is 2.42. The summed E-state index contributed by atoms with van der Waals surface area (Å²) in [4.78, 5) is 22.2. The first-order valence-electron chi connectivity index (χ1n) is 5.42. The third-order valence-corrected chi connectivity index (χ3v) is 3.30. The fourth-order valence-electron chi connectivity index (χ4n) is 2.32. The summed E-state index contributed by atoms with van der Waals surface area (Å²) >= 11 is 0. The quantitative estimate of drug-likeness (QED) is 0.458. The number of hydrogen-bond donors (Lipinski definition) is 0. The molecule has 2 rings (SSSR count). The minimum absolute atomic E-state index is 0.00984. The van der Waals surface area contributed by atoms with Crippen LogP contribution in [0.1, 0.15) is 41.8 Å². The molecule has 0 spiro atoms. The van der Waals surface area contributed by atoms with Gasteiger partial charge in [0, 0.05) is 23.8 Å². The predicted octanol–water partition coefficient (Wildman–Crippen LogP) is 2.11. The summed E-state index contributed by atoms with van der Waals surface area (Å²) in [5, 5.41) is 11.2. The lowest BCUT2D eigenvalue weighted by Crippen LogP contribution is -2.31. The van der Waals surface area contributed by atoms with Gasteiger partial charge in [0.25, 0.3) is 0 Å². The Bertz CT molecular complexity index is 444. The molecule has 0 radical (unpaired) electrons. The molecule has 1 aliphatic rings. The number of hydrogen-bond acceptors (Lipinski definition) is 5. The summed E-state index contributed by atoms with van der Waals surface area (Å²) in [7, 11) is 1.24. The number of nitrogens with zero attached hydrogens (tertiary/aromatic N) is 1. The largest absolute Gasteiger partial charge is 0.463 e. The van der Waals surface area contributed by atoms with E-state index in [1.807, 2.05) is 0 Å². The first kappa shape index (κ1) is 11.6. The van der Waals surface area contributed by atoms with Crippen molar-refractivity contribution in [3.63, 3.8) is 0 Å². The Morgan fingerprint density at radius 2 is 2.18 bits per heavy atom. The molecule has 92 valence electrons. The Balaban J connectivity index is 2.35. The molecule has 0 atom stereocenters. The molecule has 0 aliphatic heterocycles. The van der Waals surface area contributed by atoms with Gasteiger partial charge in [-0.25, -0.2) is 4.79 Å². The molecular formula is C11H13NO5. The monoisotopic (exact) mass is 239 g/mol. The highest BCUT2D eigenvalue weighted by Gasteiger charge is 2.48. The molecule has 1 fully saturated rings. The molecule has 17 heavy (non-hydrogen) atoms. The molecular weight excluding hydrogens is 226 g/mol. The Hall–Kier alpha value is -1.85. The zero-order chi connectivity index (χ0) is 12.5. The van der Waals surface area contributed by atoms with Crippen LogP contribution in [-0.4, -0.2) is 18.0 Å². The average molecular weight is 239 g/mol. The van der Waals surface area contributed by atoms with Crippen molar-refractivity contribution >= 4 is 5.97 Å². The van der Waals surface area contributed by atoms with E-state index in [1.165, 1.54) is 19.4 Å². The standard InChI is InChI=1S/C11H13NO5/c1-16-10(13)9-6-8(7-17-9)11(12(14)15)4-2-3-5-11/h6-7H,2-5H2,1H3. The number of furan rings is 1. The molecule has 0 saturated heterocycles. The first-order valence-corrected chi connectivity index (χ1v) is 5.42. The van der Waals surface area contributed by atoms with Crippen LogP contribution in [0.2, 0.25) is 0 Å². The maximum absolute atomic E-state index is 11.2. The highest BCUT2D eigenvalue weighted by atomic mass is 16.6. The number of nitro groups is 1. The molecule has 0 N–H and O–H groups in total. The Kier molecular flexibility index (Phi) is 2.87. The Morgan fingerprint density at radius 3 is 2.71 bits per heavy atom. The lowest BCUT2D eigenvalue weighted by Gasteiger charge is -2.17. The summed E-state index contributed by atoms with van der Waals surface area (Å²) in [6.45, 7) is 0. The van der Waals surface area contributed by atoms with Crippen molar-refractivity contribution in [3.8, 4) is 0 Å². The lowest BCUT2D eigenvalue weighted by molar-refractivity contribution is -0.578. The van der Waals surface area contributed by atoms with Crippen molar-refractivity contribution in [1.29, 1.82) is 0 Å². The van der Waals surface area contributed by atoms with Gasteiger partial charge >= 0.3 is 5.97 Å². The molecule has 1 aromatic heterocycles. The summed E-state index contributed by atoms with van der Waals surface area (Å²) in [6, 6.07) is 1.42. The van der Waals surface area contributed by atoms with Crippen LogP contribution in [0.5, 0.6) is 0 Å². The van der Waals surface area contributed by atoms with Crippen molar-refractivity contribution < 1.29 is 18.9 Å². The van der Waals surface area contributed by atoms with E-state index in [0.717, 1.165) is 12.8 Å². The average Bonchev–Trinajstić information content (AvgIpc) is 2.96. The number of esters is 1. The Morgan fingerprint density at radius 1 is 1.53 bits per heavy atom. The van der Waals surface area contributed by atoms with E-state index in [4.69, 9.17) is 4.42 Å². The predicted molar refractivity (Wildman–Crippen MR) is 57.2 cm³/mol. The van der Waals surface area contributed by atoms with E-state index in [9.17, 15) is 14.9 Å².